The van der Waals surface area contributed by atoms with Crippen LogP contribution in [0.5, 0.6) is 0 Å². The minimum absolute atomic E-state index is 0.151. The first-order chi connectivity index (χ1) is 8.97. The zero-order valence-corrected chi connectivity index (χ0v) is 12.6. The molecule has 0 saturated heterocycles. The molecule has 19 heavy (non-hydrogen) atoms. The molecule has 0 saturated carbocycles. The van der Waals surface area contributed by atoms with Gasteiger partial charge in [-0.3, -0.25) is 4.79 Å². The Morgan fingerprint density at radius 1 is 1.26 bits per heavy atom. The van der Waals surface area contributed by atoms with Crippen molar-refractivity contribution < 1.29 is 9.18 Å². The van der Waals surface area contributed by atoms with Gasteiger partial charge in [0.1, 0.15) is 5.82 Å². The molecule has 2 aromatic carbocycles. The SMILES string of the molecule is Cc1ccc(NC(=O)c2ccc(F)c(S)c2)cc1Br. The van der Waals surface area contributed by atoms with Crippen LogP contribution in [-0.4, -0.2) is 5.91 Å². The Kier molecular flexibility index (Phi) is 4.27. The highest BCUT2D eigenvalue weighted by Crippen LogP contribution is 2.21. The van der Waals surface area contributed by atoms with Gasteiger partial charge in [0.05, 0.1) is 0 Å². The van der Waals surface area contributed by atoms with Gasteiger partial charge >= 0.3 is 0 Å². The van der Waals surface area contributed by atoms with E-state index in [-0.39, 0.29) is 10.8 Å². The molecule has 2 rings (SSSR count). The van der Waals surface area contributed by atoms with Gasteiger partial charge in [-0.1, -0.05) is 22.0 Å². The van der Waals surface area contributed by atoms with Crippen LogP contribution in [0.2, 0.25) is 0 Å². The fourth-order valence-corrected chi connectivity index (χ4v) is 2.12. The lowest BCUT2D eigenvalue weighted by Gasteiger charge is -2.07. The minimum Gasteiger partial charge on any atom is -0.322 e. The first-order valence-corrected chi connectivity index (χ1v) is 6.77. The molecule has 0 heterocycles. The second-order valence-electron chi connectivity index (χ2n) is 4.08. The fourth-order valence-electron chi connectivity index (χ4n) is 1.53. The quantitative estimate of drug-likeness (QED) is 0.778. The van der Waals surface area contributed by atoms with Gasteiger partial charge in [-0.2, -0.15) is 0 Å². The third-order valence-electron chi connectivity index (χ3n) is 2.64. The number of rotatable bonds is 2. The van der Waals surface area contributed by atoms with Crippen molar-refractivity contribution in [1.29, 1.82) is 0 Å². The first-order valence-electron chi connectivity index (χ1n) is 5.53. The fraction of sp³-hybridized carbons (Fsp3) is 0.0714. The number of carbonyl (C=O) groups excluding carboxylic acids is 1. The molecule has 1 N–H and O–H groups in total. The molecule has 0 spiro atoms. The van der Waals surface area contributed by atoms with E-state index in [9.17, 15) is 9.18 Å². The molecule has 2 aromatic rings. The van der Waals surface area contributed by atoms with E-state index < -0.39 is 5.82 Å². The van der Waals surface area contributed by atoms with Gasteiger partial charge in [0.15, 0.2) is 0 Å². The van der Waals surface area contributed by atoms with Crippen molar-refractivity contribution in [2.24, 2.45) is 0 Å². The lowest BCUT2D eigenvalue weighted by Crippen LogP contribution is -2.12. The summed E-state index contributed by atoms with van der Waals surface area (Å²) in [4.78, 5) is 12.1. The largest absolute Gasteiger partial charge is 0.322 e. The van der Waals surface area contributed by atoms with Crippen LogP contribution in [0.15, 0.2) is 45.8 Å². The summed E-state index contributed by atoms with van der Waals surface area (Å²) < 4.78 is 14.0. The number of benzene rings is 2. The summed E-state index contributed by atoms with van der Waals surface area (Å²) in [6.45, 7) is 1.96. The van der Waals surface area contributed by atoms with E-state index in [0.29, 0.717) is 11.3 Å². The van der Waals surface area contributed by atoms with Crippen LogP contribution >= 0.6 is 28.6 Å². The monoisotopic (exact) mass is 339 g/mol. The van der Waals surface area contributed by atoms with Gasteiger partial charge in [0.2, 0.25) is 0 Å². The van der Waals surface area contributed by atoms with Crippen molar-refractivity contribution in [3.05, 3.63) is 57.8 Å². The number of amides is 1. The lowest BCUT2D eigenvalue weighted by atomic mass is 10.2. The number of anilines is 1. The maximum atomic E-state index is 13.1. The van der Waals surface area contributed by atoms with E-state index >= 15 is 0 Å². The Bertz CT molecular complexity index is 645. The molecule has 0 radical (unpaired) electrons. The Hall–Kier alpha value is -1.33. The molecule has 0 aliphatic carbocycles. The van der Waals surface area contributed by atoms with E-state index in [4.69, 9.17) is 0 Å². The van der Waals surface area contributed by atoms with Crippen LogP contribution < -0.4 is 5.32 Å². The van der Waals surface area contributed by atoms with E-state index in [2.05, 4.69) is 33.9 Å². The molecule has 1 amide bonds. The third-order valence-corrected chi connectivity index (χ3v) is 3.84. The highest BCUT2D eigenvalue weighted by molar-refractivity contribution is 9.10. The second kappa shape index (κ2) is 5.75. The number of hydrogen-bond donors (Lipinski definition) is 2. The van der Waals surface area contributed by atoms with Gasteiger partial charge in [-0.25, -0.2) is 4.39 Å². The molecule has 0 aliphatic heterocycles. The summed E-state index contributed by atoms with van der Waals surface area (Å²) in [6.07, 6.45) is 0. The van der Waals surface area contributed by atoms with Gasteiger partial charge in [-0.05, 0) is 42.8 Å². The van der Waals surface area contributed by atoms with Crippen molar-refractivity contribution >= 4 is 40.2 Å². The molecule has 5 heteroatoms. The van der Waals surface area contributed by atoms with E-state index in [1.807, 2.05) is 25.1 Å². The zero-order valence-electron chi connectivity index (χ0n) is 10.1. The van der Waals surface area contributed by atoms with Crippen LogP contribution in [0.25, 0.3) is 0 Å². The zero-order chi connectivity index (χ0) is 14.0. The normalized spacial score (nSPS) is 10.3. The molecule has 0 bridgehead atoms. The molecule has 98 valence electrons. The predicted octanol–water partition coefficient (Wildman–Crippen LogP) is 4.44. The van der Waals surface area contributed by atoms with Crippen LogP contribution in [0.1, 0.15) is 15.9 Å². The molecular formula is C14H11BrFNOS. The first kappa shape index (κ1) is 14.1. The van der Waals surface area contributed by atoms with Gasteiger partial charge in [-0.15, -0.1) is 12.6 Å². The van der Waals surface area contributed by atoms with Crippen molar-refractivity contribution in [1.82, 2.24) is 0 Å². The van der Waals surface area contributed by atoms with E-state index in [0.717, 1.165) is 10.0 Å². The summed E-state index contributed by atoms with van der Waals surface area (Å²) >= 11 is 7.36. The summed E-state index contributed by atoms with van der Waals surface area (Å²) in [5.74, 6) is -0.746. The molecule has 0 fully saturated rings. The van der Waals surface area contributed by atoms with E-state index in [1.165, 1.54) is 18.2 Å². The standard InChI is InChI=1S/C14H11BrFNOS/c1-8-2-4-10(7-11(8)15)17-14(18)9-3-5-12(16)13(19)6-9/h2-7,19H,1H3,(H,17,18). The summed E-state index contributed by atoms with van der Waals surface area (Å²) in [5.41, 5.74) is 2.12. The lowest BCUT2D eigenvalue weighted by molar-refractivity contribution is 0.102. The highest BCUT2D eigenvalue weighted by atomic mass is 79.9. The smallest absolute Gasteiger partial charge is 0.255 e. The molecule has 0 unspecified atom stereocenters. The van der Waals surface area contributed by atoms with Gasteiger partial charge in [0, 0.05) is 20.6 Å². The van der Waals surface area contributed by atoms with Crippen molar-refractivity contribution in [2.45, 2.75) is 11.8 Å². The molecule has 0 atom stereocenters. The van der Waals surface area contributed by atoms with Crippen molar-refractivity contribution in [3.63, 3.8) is 0 Å². The maximum absolute atomic E-state index is 13.1. The maximum Gasteiger partial charge on any atom is 0.255 e. The summed E-state index contributed by atoms with van der Waals surface area (Å²) in [6, 6.07) is 9.57. The number of aryl methyl sites for hydroxylation is 1. The van der Waals surface area contributed by atoms with Gasteiger partial charge in [0.25, 0.3) is 5.91 Å². The van der Waals surface area contributed by atoms with Crippen molar-refractivity contribution in [2.75, 3.05) is 5.32 Å². The number of halogens is 2. The predicted molar refractivity (Wildman–Crippen MR) is 80.5 cm³/mol. The Labute approximate surface area is 124 Å². The summed E-state index contributed by atoms with van der Waals surface area (Å²) in [5, 5.41) is 2.75. The Morgan fingerprint density at radius 3 is 2.63 bits per heavy atom. The number of carbonyl (C=O) groups is 1. The van der Waals surface area contributed by atoms with Gasteiger partial charge < -0.3 is 5.32 Å². The minimum atomic E-state index is -0.446. The Morgan fingerprint density at radius 2 is 2.00 bits per heavy atom. The topological polar surface area (TPSA) is 29.1 Å². The molecule has 0 aliphatic rings. The van der Waals surface area contributed by atoms with Crippen LogP contribution in [0.4, 0.5) is 10.1 Å². The average molecular weight is 340 g/mol. The average Bonchev–Trinajstić information content (AvgIpc) is 2.37. The number of hydrogen-bond acceptors (Lipinski definition) is 2. The van der Waals surface area contributed by atoms with Crippen molar-refractivity contribution in [3.8, 4) is 0 Å². The number of thiol groups is 1. The van der Waals surface area contributed by atoms with Crippen LogP contribution in [0.3, 0.4) is 0 Å². The molecule has 0 aromatic heterocycles. The van der Waals surface area contributed by atoms with Crippen LogP contribution in [-0.2, 0) is 0 Å². The van der Waals surface area contributed by atoms with Crippen LogP contribution in [0, 0.1) is 12.7 Å². The Balaban J connectivity index is 2.20. The number of nitrogens with one attached hydrogen (secondary N) is 1. The molecule has 2 nitrogen and oxygen atoms in total. The second-order valence-corrected chi connectivity index (χ2v) is 5.42. The molecular weight excluding hydrogens is 329 g/mol. The van der Waals surface area contributed by atoms with E-state index in [1.54, 1.807) is 0 Å². The third kappa shape index (κ3) is 3.36. The highest BCUT2D eigenvalue weighted by Gasteiger charge is 2.09. The summed E-state index contributed by atoms with van der Waals surface area (Å²) in [7, 11) is 0.